The molecule has 21 heavy (non-hydrogen) atoms. The van der Waals surface area contributed by atoms with Crippen LogP contribution in [-0.2, 0) is 11.3 Å². The van der Waals surface area contributed by atoms with Gasteiger partial charge in [-0.25, -0.2) is 0 Å². The second-order valence-corrected chi connectivity index (χ2v) is 5.59. The van der Waals surface area contributed by atoms with Crippen LogP contribution in [0.3, 0.4) is 0 Å². The van der Waals surface area contributed by atoms with Gasteiger partial charge in [0.1, 0.15) is 0 Å². The van der Waals surface area contributed by atoms with E-state index < -0.39 is 0 Å². The van der Waals surface area contributed by atoms with Gasteiger partial charge in [-0.3, -0.25) is 9.69 Å². The normalized spacial score (nSPS) is 18.9. The van der Waals surface area contributed by atoms with E-state index >= 15 is 0 Å². The molecule has 1 atom stereocenters. The van der Waals surface area contributed by atoms with Gasteiger partial charge in [0.05, 0.1) is 6.54 Å². The predicted octanol–water partition coefficient (Wildman–Crippen LogP) is 2.64. The van der Waals surface area contributed by atoms with Crippen LogP contribution in [0.25, 0.3) is 0 Å². The van der Waals surface area contributed by atoms with Crippen LogP contribution < -0.4 is 10.6 Å². The fourth-order valence-corrected chi connectivity index (χ4v) is 2.69. The maximum absolute atomic E-state index is 11.5. The summed E-state index contributed by atoms with van der Waals surface area (Å²) in [5, 5.41) is 5.71. The molecular weight excluding hydrogens is 286 g/mol. The number of carbonyl (C=O) groups is 1. The smallest absolute Gasteiger partial charge is 0.238 e. The average molecular weight is 312 g/mol. The Bertz CT molecular complexity index is 436. The molecule has 1 fully saturated rings. The number of carbonyl (C=O) groups excluding carboxylic acids is 1. The quantitative estimate of drug-likeness (QED) is 0.878. The van der Waals surface area contributed by atoms with Gasteiger partial charge in [0, 0.05) is 18.3 Å². The van der Waals surface area contributed by atoms with E-state index in [-0.39, 0.29) is 18.3 Å². The number of piperidine rings is 1. The van der Waals surface area contributed by atoms with E-state index in [1.54, 1.807) is 7.05 Å². The van der Waals surface area contributed by atoms with Crippen molar-refractivity contribution >= 4 is 24.0 Å². The zero-order valence-corrected chi connectivity index (χ0v) is 13.7. The third-order valence-electron chi connectivity index (χ3n) is 3.90. The molecule has 1 aliphatic rings. The summed E-state index contributed by atoms with van der Waals surface area (Å²) >= 11 is 0. The Morgan fingerprint density at radius 2 is 2.00 bits per heavy atom. The highest BCUT2D eigenvalue weighted by atomic mass is 35.5. The second kappa shape index (κ2) is 9.03. The van der Waals surface area contributed by atoms with Gasteiger partial charge in [-0.2, -0.15) is 0 Å². The Morgan fingerprint density at radius 3 is 2.62 bits per heavy atom. The molecule has 1 unspecified atom stereocenters. The summed E-state index contributed by atoms with van der Waals surface area (Å²) in [4.78, 5) is 14.0. The van der Waals surface area contributed by atoms with Crippen molar-refractivity contribution < 1.29 is 4.79 Å². The SMILES string of the molecule is CNCC(=O)Nc1ccc(CN2CCCCC2C)cc1.Cl. The van der Waals surface area contributed by atoms with Gasteiger partial charge in [-0.15, -0.1) is 12.4 Å². The number of rotatable bonds is 5. The fourth-order valence-electron chi connectivity index (χ4n) is 2.69. The summed E-state index contributed by atoms with van der Waals surface area (Å²) in [5.74, 6) is -0.00935. The topological polar surface area (TPSA) is 44.4 Å². The van der Waals surface area contributed by atoms with Crippen LogP contribution in [0, 0.1) is 0 Å². The number of hydrogen-bond acceptors (Lipinski definition) is 3. The van der Waals surface area contributed by atoms with Crippen molar-refractivity contribution in [1.29, 1.82) is 0 Å². The summed E-state index contributed by atoms with van der Waals surface area (Å²) < 4.78 is 0. The van der Waals surface area contributed by atoms with E-state index in [0.717, 1.165) is 12.2 Å². The first-order valence-electron chi connectivity index (χ1n) is 7.46. The number of nitrogens with one attached hydrogen (secondary N) is 2. The van der Waals surface area contributed by atoms with Crippen molar-refractivity contribution in [3.8, 4) is 0 Å². The van der Waals surface area contributed by atoms with E-state index in [2.05, 4.69) is 34.6 Å². The number of hydrogen-bond donors (Lipinski definition) is 2. The van der Waals surface area contributed by atoms with Gasteiger partial charge >= 0.3 is 0 Å². The van der Waals surface area contributed by atoms with Crippen molar-refractivity contribution in [3.63, 3.8) is 0 Å². The van der Waals surface area contributed by atoms with Crippen LogP contribution in [-0.4, -0.2) is 37.0 Å². The minimum Gasteiger partial charge on any atom is -0.325 e. The highest BCUT2D eigenvalue weighted by Gasteiger charge is 2.17. The zero-order valence-electron chi connectivity index (χ0n) is 12.9. The Balaban J connectivity index is 0.00000220. The lowest BCUT2D eigenvalue weighted by atomic mass is 10.0. The van der Waals surface area contributed by atoms with Crippen LogP contribution in [0.2, 0.25) is 0 Å². The van der Waals surface area contributed by atoms with Crippen molar-refractivity contribution in [3.05, 3.63) is 29.8 Å². The van der Waals surface area contributed by atoms with Crippen LogP contribution in [0.5, 0.6) is 0 Å². The summed E-state index contributed by atoms with van der Waals surface area (Å²) in [7, 11) is 1.77. The molecule has 1 aromatic carbocycles. The molecule has 0 aromatic heterocycles. The molecule has 0 aliphatic carbocycles. The number of amides is 1. The van der Waals surface area contributed by atoms with E-state index in [1.165, 1.54) is 31.4 Å². The lowest BCUT2D eigenvalue weighted by molar-refractivity contribution is -0.115. The van der Waals surface area contributed by atoms with Crippen molar-refractivity contribution in [2.45, 2.75) is 38.8 Å². The third kappa shape index (κ3) is 5.65. The average Bonchev–Trinajstić information content (AvgIpc) is 2.44. The van der Waals surface area contributed by atoms with Crippen LogP contribution >= 0.6 is 12.4 Å². The molecule has 1 saturated heterocycles. The van der Waals surface area contributed by atoms with Crippen LogP contribution in [0.15, 0.2) is 24.3 Å². The molecule has 4 nitrogen and oxygen atoms in total. The Labute approximate surface area is 133 Å². The molecule has 1 aliphatic heterocycles. The van der Waals surface area contributed by atoms with Crippen molar-refractivity contribution in [1.82, 2.24) is 10.2 Å². The summed E-state index contributed by atoms with van der Waals surface area (Å²) in [6.45, 7) is 4.85. The van der Waals surface area contributed by atoms with Gasteiger partial charge in [0.2, 0.25) is 5.91 Å². The minimum atomic E-state index is -0.00935. The lowest BCUT2D eigenvalue weighted by Gasteiger charge is -2.33. The van der Waals surface area contributed by atoms with E-state index in [4.69, 9.17) is 0 Å². The van der Waals surface area contributed by atoms with Crippen LogP contribution in [0.1, 0.15) is 31.7 Å². The molecule has 0 radical (unpaired) electrons. The van der Waals surface area contributed by atoms with Crippen molar-refractivity contribution in [2.75, 3.05) is 25.5 Å². The Morgan fingerprint density at radius 1 is 1.29 bits per heavy atom. The summed E-state index contributed by atoms with van der Waals surface area (Å²) in [6.07, 6.45) is 3.97. The molecule has 0 bridgehead atoms. The second-order valence-electron chi connectivity index (χ2n) is 5.59. The summed E-state index contributed by atoms with van der Waals surface area (Å²) in [6, 6.07) is 8.86. The van der Waals surface area contributed by atoms with Gasteiger partial charge in [-0.05, 0) is 51.1 Å². The van der Waals surface area contributed by atoms with E-state index in [1.807, 2.05) is 12.1 Å². The van der Waals surface area contributed by atoms with Gasteiger partial charge in [0.25, 0.3) is 0 Å². The molecular formula is C16H26ClN3O. The largest absolute Gasteiger partial charge is 0.325 e. The zero-order chi connectivity index (χ0) is 14.4. The molecule has 2 rings (SSSR count). The van der Waals surface area contributed by atoms with Crippen molar-refractivity contribution in [2.24, 2.45) is 0 Å². The molecule has 2 N–H and O–H groups in total. The summed E-state index contributed by atoms with van der Waals surface area (Å²) in [5.41, 5.74) is 2.17. The molecule has 5 heteroatoms. The third-order valence-corrected chi connectivity index (χ3v) is 3.90. The number of halogens is 1. The molecule has 0 saturated carbocycles. The maximum atomic E-state index is 11.5. The fraction of sp³-hybridized carbons (Fsp3) is 0.562. The van der Waals surface area contributed by atoms with Gasteiger partial charge in [0.15, 0.2) is 0 Å². The lowest BCUT2D eigenvalue weighted by Crippen LogP contribution is -2.36. The molecule has 1 heterocycles. The number of likely N-dealkylation sites (tertiary alicyclic amines) is 1. The number of likely N-dealkylation sites (N-methyl/N-ethyl adjacent to an activating group) is 1. The Kier molecular flexibility index (Phi) is 7.72. The molecule has 1 amide bonds. The standard InChI is InChI=1S/C16H25N3O.ClH/c1-13-5-3-4-10-19(13)12-14-6-8-15(9-7-14)18-16(20)11-17-2;/h6-9,13,17H,3-5,10-12H2,1-2H3,(H,18,20);1H. The first-order valence-corrected chi connectivity index (χ1v) is 7.46. The highest BCUT2D eigenvalue weighted by molar-refractivity contribution is 5.92. The number of nitrogens with zero attached hydrogens (tertiary/aromatic N) is 1. The predicted molar refractivity (Wildman–Crippen MR) is 90.0 cm³/mol. The number of anilines is 1. The monoisotopic (exact) mass is 311 g/mol. The van der Waals surface area contributed by atoms with E-state index in [0.29, 0.717) is 12.6 Å². The first-order chi connectivity index (χ1) is 9.69. The number of benzene rings is 1. The minimum absolute atomic E-state index is 0. The van der Waals surface area contributed by atoms with Gasteiger partial charge < -0.3 is 10.6 Å². The highest BCUT2D eigenvalue weighted by Crippen LogP contribution is 2.19. The Hall–Kier alpha value is -1.10. The molecule has 0 spiro atoms. The maximum Gasteiger partial charge on any atom is 0.238 e. The molecule has 118 valence electrons. The van der Waals surface area contributed by atoms with Gasteiger partial charge in [-0.1, -0.05) is 18.6 Å². The first kappa shape index (κ1) is 18.0. The van der Waals surface area contributed by atoms with Crippen LogP contribution in [0.4, 0.5) is 5.69 Å². The van der Waals surface area contributed by atoms with E-state index in [9.17, 15) is 4.79 Å². The molecule has 1 aromatic rings.